The highest BCUT2D eigenvalue weighted by atomic mass is 32.2. The second-order valence-corrected chi connectivity index (χ2v) is 7.32. The van der Waals surface area contributed by atoms with Crippen molar-refractivity contribution in [3.8, 4) is 0 Å². The van der Waals surface area contributed by atoms with Crippen LogP contribution in [0, 0.1) is 13.8 Å². The maximum absolute atomic E-state index is 12.9. The van der Waals surface area contributed by atoms with E-state index in [1.165, 1.54) is 16.9 Å². The number of aryl methyl sites for hydroxylation is 2. The average molecular weight is 355 g/mol. The van der Waals surface area contributed by atoms with Crippen molar-refractivity contribution >= 4 is 39.8 Å². The van der Waals surface area contributed by atoms with Gasteiger partial charge in [0.25, 0.3) is 0 Å². The van der Waals surface area contributed by atoms with Crippen molar-refractivity contribution in [2.75, 3.05) is 10.7 Å². The number of benzene rings is 2. The van der Waals surface area contributed by atoms with E-state index in [1.54, 1.807) is 16.7 Å². The van der Waals surface area contributed by atoms with Crippen LogP contribution in [-0.2, 0) is 4.79 Å². The predicted octanol–water partition coefficient (Wildman–Crippen LogP) is 5.22. The summed E-state index contributed by atoms with van der Waals surface area (Å²) in [6.07, 6.45) is 0. The van der Waals surface area contributed by atoms with Gasteiger partial charge in [-0.05, 0) is 38.1 Å². The topological polar surface area (TPSA) is 33.2 Å². The zero-order valence-corrected chi connectivity index (χ0v) is 15.2. The monoisotopic (exact) mass is 354 g/mol. The summed E-state index contributed by atoms with van der Waals surface area (Å²) >= 11 is 3.04. The zero-order valence-electron chi connectivity index (χ0n) is 13.6. The SMILES string of the molecule is Cc1ccc(SCC(=O)N(c2ccccc2)c2nc(C)cs2)cc1. The van der Waals surface area contributed by atoms with Gasteiger partial charge in [0.15, 0.2) is 5.13 Å². The lowest BCUT2D eigenvalue weighted by molar-refractivity contribution is -0.115. The Hall–Kier alpha value is -2.11. The van der Waals surface area contributed by atoms with Crippen LogP contribution in [0.5, 0.6) is 0 Å². The Labute approximate surface area is 150 Å². The maximum Gasteiger partial charge on any atom is 0.243 e. The van der Waals surface area contributed by atoms with Crippen LogP contribution >= 0.6 is 23.1 Å². The summed E-state index contributed by atoms with van der Waals surface area (Å²) in [7, 11) is 0. The van der Waals surface area contributed by atoms with E-state index in [9.17, 15) is 4.79 Å². The molecule has 0 aliphatic rings. The van der Waals surface area contributed by atoms with Crippen LogP contribution < -0.4 is 4.90 Å². The normalized spacial score (nSPS) is 10.6. The number of hydrogen-bond acceptors (Lipinski definition) is 4. The molecule has 0 atom stereocenters. The van der Waals surface area contributed by atoms with E-state index in [0.717, 1.165) is 16.3 Å². The van der Waals surface area contributed by atoms with Crippen LogP contribution in [0.4, 0.5) is 10.8 Å². The molecule has 3 rings (SSSR count). The molecule has 122 valence electrons. The Morgan fingerprint density at radius 1 is 1.08 bits per heavy atom. The Morgan fingerprint density at radius 2 is 1.79 bits per heavy atom. The van der Waals surface area contributed by atoms with Crippen molar-refractivity contribution in [1.29, 1.82) is 0 Å². The molecule has 5 heteroatoms. The number of carbonyl (C=O) groups excluding carboxylic acids is 1. The van der Waals surface area contributed by atoms with Gasteiger partial charge in [0.05, 0.1) is 17.1 Å². The number of thioether (sulfide) groups is 1. The van der Waals surface area contributed by atoms with Gasteiger partial charge in [0.1, 0.15) is 0 Å². The summed E-state index contributed by atoms with van der Waals surface area (Å²) in [5, 5.41) is 2.68. The molecule has 0 bridgehead atoms. The fraction of sp³-hybridized carbons (Fsp3) is 0.158. The van der Waals surface area contributed by atoms with Crippen molar-refractivity contribution < 1.29 is 4.79 Å². The van der Waals surface area contributed by atoms with E-state index in [1.807, 2.05) is 54.8 Å². The van der Waals surface area contributed by atoms with Crippen LogP contribution in [0.15, 0.2) is 64.9 Å². The highest BCUT2D eigenvalue weighted by Gasteiger charge is 2.20. The molecule has 1 amide bonds. The molecule has 0 aliphatic heterocycles. The Bertz CT molecular complexity index is 813. The first-order chi connectivity index (χ1) is 11.6. The molecule has 24 heavy (non-hydrogen) atoms. The number of anilines is 2. The van der Waals surface area contributed by atoms with Crippen LogP contribution in [0.2, 0.25) is 0 Å². The van der Waals surface area contributed by atoms with Crippen molar-refractivity contribution in [3.05, 3.63) is 71.2 Å². The third-order valence-electron chi connectivity index (χ3n) is 3.45. The van der Waals surface area contributed by atoms with Gasteiger partial charge in [-0.3, -0.25) is 9.69 Å². The molecule has 0 saturated carbocycles. The number of para-hydroxylation sites is 1. The molecule has 0 spiro atoms. The molecule has 0 N–H and O–H groups in total. The molecule has 3 aromatic rings. The van der Waals surface area contributed by atoms with E-state index in [0.29, 0.717) is 10.9 Å². The molecule has 0 unspecified atom stereocenters. The Kier molecular flexibility index (Phi) is 5.33. The van der Waals surface area contributed by atoms with Crippen LogP contribution in [-0.4, -0.2) is 16.6 Å². The molecular formula is C19H18N2OS2. The third kappa shape index (κ3) is 4.04. The second kappa shape index (κ2) is 7.64. The van der Waals surface area contributed by atoms with Gasteiger partial charge in [-0.15, -0.1) is 23.1 Å². The van der Waals surface area contributed by atoms with E-state index >= 15 is 0 Å². The summed E-state index contributed by atoms with van der Waals surface area (Å²) in [5.41, 5.74) is 2.99. The average Bonchev–Trinajstić information content (AvgIpc) is 3.01. The smallest absolute Gasteiger partial charge is 0.243 e. The number of nitrogens with zero attached hydrogens (tertiary/aromatic N) is 2. The van der Waals surface area contributed by atoms with Gasteiger partial charge in [-0.2, -0.15) is 0 Å². The molecule has 3 nitrogen and oxygen atoms in total. The van der Waals surface area contributed by atoms with E-state index in [-0.39, 0.29) is 5.91 Å². The van der Waals surface area contributed by atoms with Crippen molar-refractivity contribution in [3.63, 3.8) is 0 Å². The molecule has 1 heterocycles. The number of hydrogen-bond donors (Lipinski definition) is 0. The first-order valence-corrected chi connectivity index (χ1v) is 9.49. The molecule has 0 fully saturated rings. The second-order valence-electron chi connectivity index (χ2n) is 5.44. The summed E-state index contributed by atoms with van der Waals surface area (Å²) in [5.74, 6) is 0.400. The first kappa shape index (κ1) is 16.7. The van der Waals surface area contributed by atoms with Crippen molar-refractivity contribution in [2.24, 2.45) is 0 Å². The number of amides is 1. The van der Waals surface area contributed by atoms with E-state index in [4.69, 9.17) is 0 Å². The lowest BCUT2D eigenvalue weighted by Gasteiger charge is -2.19. The molecule has 0 aliphatic carbocycles. The van der Waals surface area contributed by atoms with Gasteiger partial charge in [0.2, 0.25) is 5.91 Å². The quantitative estimate of drug-likeness (QED) is 0.589. The fourth-order valence-corrected chi connectivity index (χ4v) is 3.81. The Balaban J connectivity index is 1.80. The van der Waals surface area contributed by atoms with Crippen LogP contribution in [0.25, 0.3) is 0 Å². The Morgan fingerprint density at radius 3 is 2.42 bits per heavy atom. The first-order valence-electron chi connectivity index (χ1n) is 7.63. The minimum Gasteiger partial charge on any atom is -0.273 e. The van der Waals surface area contributed by atoms with Crippen molar-refractivity contribution in [1.82, 2.24) is 4.98 Å². The lowest BCUT2D eigenvalue weighted by Crippen LogP contribution is -2.27. The van der Waals surface area contributed by atoms with Gasteiger partial charge >= 0.3 is 0 Å². The largest absolute Gasteiger partial charge is 0.273 e. The fourth-order valence-electron chi connectivity index (χ4n) is 2.23. The number of carbonyl (C=O) groups is 1. The molecule has 1 aromatic heterocycles. The van der Waals surface area contributed by atoms with Gasteiger partial charge in [-0.25, -0.2) is 4.98 Å². The molecule has 2 aromatic carbocycles. The summed E-state index contributed by atoms with van der Waals surface area (Å²) < 4.78 is 0. The summed E-state index contributed by atoms with van der Waals surface area (Å²) in [6.45, 7) is 4.00. The van der Waals surface area contributed by atoms with Crippen LogP contribution in [0.1, 0.15) is 11.3 Å². The number of thiazole rings is 1. The summed E-state index contributed by atoms with van der Waals surface area (Å²) in [4.78, 5) is 20.2. The van der Waals surface area contributed by atoms with Crippen molar-refractivity contribution in [2.45, 2.75) is 18.7 Å². The number of aromatic nitrogens is 1. The highest BCUT2D eigenvalue weighted by Crippen LogP contribution is 2.30. The molecule has 0 radical (unpaired) electrons. The minimum atomic E-state index is 0.0288. The zero-order chi connectivity index (χ0) is 16.9. The van der Waals surface area contributed by atoms with Gasteiger partial charge in [-0.1, -0.05) is 35.9 Å². The van der Waals surface area contributed by atoms with E-state index < -0.39 is 0 Å². The number of rotatable bonds is 5. The molecular weight excluding hydrogens is 336 g/mol. The highest BCUT2D eigenvalue weighted by molar-refractivity contribution is 8.00. The third-order valence-corrected chi connectivity index (χ3v) is 5.39. The minimum absolute atomic E-state index is 0.0288. The maximum atomic E-state index is 12.9. The van der Waals surface area contributed by atoms with Gasteiger partial charge < -0.3 is 0 Å². The summed E-state index contributed by atoms with van der Waals surface area (Å²) in [6, 6.07) is 17.9. The van der Waals surface area contributed by atoms with E-state index in [2.05, 4.69) is 24.0 Å². The standard InChI is InChI=1S/C19H18N2OS2/c1-14-8-10-17(11-9-14)23-13-18(22)21(16-6-4-3-5-7-16)19-20-15(2)12-24-19/h3-12H,13H2,1-2H3. The predicted molar refractivity (Wildman–Crippen MR) is 102 cm³/mol. The molecule has 0 saturated heterocycles. The van der Waals surface area contributed by atoms with Crippen LogP contribution in [0.3, 0.4) is 0 Å². The lowest BCUT2D eigenvalue weighted by atomic mass is 10.2. The van der Waals surface area contributed by atoms with Gasteiger partial charge in [0, 0.05) is 10.3 Å².